The summed E-state index contributed by atoms with van der Waals surface area (Å²) in [7, 11) is 0. The minimum Gasteiger partial charge on any atom is -0.459 e. The summed E-state index contributed by atoms with van der Waals surface area (Å²) in [6.45, 7) is 16.3. The standard InChI is InChI=1S/C32H52O8/c1-9-21(4)18-32(8,38)19-25(33)17-26(34)30(36)29(35)23(6)16-24(7)39-31(37)22(5)13-11-10-12-14-27-28(40-27)15-20(2)3/h9,12-14,18,20,23-25,27-30,33,35-36,38H,1,10-11,15-17,19H2,2-8H3/b14-12+,21-18+,22-13+/t23-,24+,25-,27+,28+,29-,30-,32+/m0/s1. The molecule has 1 saturated heterocycles. The normalized spacial score (nSPS) is 23.3. The number of Topliss-reactive ketones (excluding diaryl/α,β-unsaturated/α-hetero) is 1. The van der Waals surface area contributed by atoms with Gasteiger partial charge in [-0.1, -0.05) is 63.3 Å². The first-order valence-electron chi connectivity index (χ1n) is 14.4. The van der Waals surface area contributed by atoms with Gasteiger partial charge in [-0.3, -0.25) is 4.79 Å². The van der Waals surface area contributed by atoms with Crippen molar-refractivity contribution in [3.8, 4) is 0 Å². The third-order valence-corrected chi connectivity index (χ3v) is 6.95. The molecule has 8 atom stereocenters. The zero-order valence-electron chi connectivity index (χ0n) is 25.4. The molecule has 8 heteroatoms. The van der Waals surface area contributed by atoms with E-state index < -0.39 is 54.1 Å². The molecule has 40 heavy (non-hydrogen) atoms. The van der Waals surface area contributed by atoms with Crippen LogP contribution in [0, 0.1) is 11.8 Å². The predicted molar refractivity (Wildman–Crippen MR) is 156 cm³/mol. The summed E-state index contributed by atoms with van der Waals surface area (Å²) in [5, 5.41) is 41.6. The fraction of sp³-hybridized carbons (Fsp3) is 0.688. The Labute approximate surface area is 240 Å². The number of carbonyl (C=O) groups is 2. The summed E-state index contributed by atoms with van der Waals surface area (Å²) in [5.41, 5.74) is -0.146. The highest BCUT2D eigenvalue weighted by atomic mass is 16.6. The molecule has 1 fully saturated rings. The van der Waals surface area contributed by atoms with Crippen LogP contribution >= 0.6 is 0 Å². The van der Waals surface area contributed by atoms with Crippen molar-refractivity contribution in [2.45, 2.75) is 129 Å². The Kier molecular flexibility index (Phi) is 15.3. The van der Waals surface area contributed by atoms with Gasteiger partial charge in [-0.2, -0.15) is 0 Å². The third-order valence-electron chi connectivity index (χ3n) is 6.95. The summed E-state index contributed by atoms with van der Waals surface area (Å²) in [4.78, 5) is 24.9. The molecular formula is C32H52O8. The number of ether oxygens (including phenoxy) is 2. The van der Waals surface area contributed by atoms with E-state index in [1.165, 1.54) is 13.0 Å². The molecule has 8 nitrogen and oxygen atoms in total. The van der Waals surface area contributed by atoms with E-state index in [0.29, 0.717) is 24.0 Å². The van der Waals surface area contributed by atoms with Crippen molar-refractivity contribution in [2.75, 3.05) is 0 Å². The fourth-order valence-corrected chi connectivity index (χ4v) is 4.69. The number of aliphatic hydroxyl groups is 4. The average Bonchev–Trinajstić information content (AvgIpc) is 3.57. The number of rotatable bonds is 19. The van der Waals surface area contributed by atoms with Gasteiger partial charge >= 0.3 is 5.97 Å². The van der Waals surface area contributed by atoms with Gasteiger partial charge in [-0.15, -0.1) is 0 Å². The molecule has 0 radical (unpaired) electrons. The van der Waals surface area contributed by atoms with Crippen molar-refractivity contribution in [2.24, 2.45) is 11.8 Å². The number of hydrogen-bond donors (Lipinski definition) is 4. The monoisotopic (exact) mass is 564 g/mol. The van der Waals surface area contributed by atoms with E-state index in [0.717, 1.165) is 18.4 Å². The first kappa shape index (κ1) is 35.9. The van der Waals surface area contributed by atoms with Crippen LogP contribution in [-0.4, -0.2) is 74.4 Å². The largest absolute Gasteiger partial charge is 0.459 e. The van der Waals surface area contributed by atoms with E-state index in [1.54, 1.807) is 33.8 Å². The Hall–Kier alpha value is -2.10. The molecule has 0 saturated carbocycles. The summed E-state index contributed by atoms with van der Waals surface area (Å²) in [6.07, 6.45) is 6.99. The molecule has 228 valence electrons. The zero-order chi connectivity index (χ0) is 30.6. The van der Waals surface area contributed by atoms with Crippen LogP contribution in [0.3, 0.4) is 0 Å². The van der Waals surface area contributed by atoms with Crippen molar-refractivity contribution >= 4 is 11.8 Å². The molecule has 0 bridgehead atoms. The average molecular weight is 565 g/mol. The van der Waals surface area contributed by atoms with Crippen molar-refractivity contribution in [3.05, 3.63) is 48.1 Å². The smallest absolute Gasteiger partial charge is 0.333 e. The molecule has 1 aliphatic rings. The first-order chi connectivity index (χ1) is 18.6. The lowest BCUT2D eigenvalue weighted by molar-refractivity contribution is -0.146. The van der Waals surface area contributed by atoms with Gasteiger partial charge in [-0.25, -0.2) is 4.79 Å². The molecule has 0 spiro atoms. The van der Waals surface area contributed by atoms with Gasteiger partial charge in [0.25, 0.3) is 0 Å². The number of ketones is 1. The molecule has 0 amide bonds. The zero-order valence-corrected chi connectivity index (χ0v) is 25.4. The molecule has 0 aromatic rings. The van der Waals surface area contributed by atoms with E-state index in [1.807, 2.05) is 6.08 Å². The molecule has 4 N–H and O–H groups in total. The molecule has 0 unspecified atom stereocenters. The molecule has 1 heterocycles. The minimum atomic E-state index is -1.71. The van der Waals surface area contributed by atoms with Crippen LogP contribution in [0.1, 0.15) is 87.0 Å². The maximum absolute atomic E-state index is 12.5. The van der Waals surface area contributed by atoms with Crippen molar-refractivity contribution in [1.82, 2.24) is 0 Å². The van der Waals surface area contributed by atoms with Crippen LogP contribution in [0.5, 0.6) is 0 Å². The van der Waals surface area contributed by atoms with Crippen LogP contribution in [0.4, 0.5) is 0 Å². The second kappa shape index (κ2) is 17.0. The second-order valence-corrected chi connectivity index (χ2v) is 12.0. The summed E-state index contributed by atoms with van der Waals surface area (Å²) in [5.74, 6) is -1.12. The van der Waals surface area contributed by atoms with Crippen LogP contribution in [0.15, 0.2) is 48.1 Å². The van der Waals surface area contributed by atoms with Crippen LogP contribution in [-0.2, 0) is 19.1 Å². The predicted octanol–water partition coefficient (Wildman–Crippen LogP) is 4.36. The van der Waals surface area contributed by atoms with Gasteiger partial charge in [-0.05, 0) is 65.2 Å². The van der Waals surface area contributed by atoms with Gasteiger partial charge in [0.1, 0.15) is 12.2 Å². The SMILES string of the molecule is C=C/C(C)=C/[C@@](C)(O)C[C@@H](O)CC(=O)[C@H](O)[C@@H](O)[C@@H](C)C[C@@H](C)OC(=O)/C(C)=C/CC/C=C/[C@H]1O[C@@H]1CC(C)C. The number of hydrogen-bond acceptors (Lipinski definition) is 8. The minimum absolute atomic E-state index is 0.119. The summed E-state index contributed by atoms with van der Waals surface area (Å²) in [6, 6.07) is 0. The number of unbranched alkanes of at least 4 members (excludes halogenated alkanes) is 1. The van der Waals surface area contributed by atoms with Gasteiger partial charge in [0.05, 0.1) is 30.0 Å². The van der Waals surface area contributed by atoms with Gasteiger partial charge in [0.15, 0.2) is 5.78 Å². The molecule has 0 aromatic heterocycles. The van der Waals surface area contributed by atoms with Gasteiger partial charge in [0, 0.05) is 18.4 Å². The second-order valence-electron chi connectivity index (χ2n) is 12.0. The van der Waals surface area contributed by atoms with Crippen molar-refractivity contribution < 1.29 is 39.5 Å². The van der Waals surface area contributed by atoms with E-state index >= 15 is 0 Å². The lowest BCUT2D eigenvalue weighted by Gasteiger charge is -2.27. The molecule has 1 rings (SSSR count). The number of aliphatic hydroxyl groups excluding tert-OH is 3. The van der Waals surface area contributed by atoms with E-state index in [4.69, 9.17) is 9.47 Å². The quantitative estimate of drug-likeness (QED) is 0.0454. The number of esters is 1. The van der Waals surface area contributed by atoms with E-state index in [-0.39, 0.29) is 18.9 Å². The first-order valence-corrected chi connectivity index (χ1v) is 14.4. The maximum Gasteiger partial charge on any atom is 0.333 e. The van der Waals surface area contributed by atoms with Crippen molar-refractivity contribution in [3.63, 3.8) is 0 Å². The maximum atomic E-state index is 12.5. The summed E-state index contributed by atoms with van der Waals surface area (Å²) >= 11 is 0. The Morgan fingerprint density at radius 3 is 2.35 bits per heavy atom. The fourth-order valence-electron chi connectivity index (χ4n) is 4.69. The molecule has 0 aromatic carbocycles. The highest BCUT2D eigenvalue weighted by Gasteiger charge is 2.36. The van der Waals surface area contributed by atoms with Crippen LogP contribution < -0.4 is 0 Å². The Morgan fingerprint density at radius 1 is 1.10 bits per heavy atom. The van der Waals surface area contributed by atoms with Gasteiger partial charge < -0.3 is 29.9 Å². The highest BCUT2D eigenvalue weighted by Crippen LogP contribution is 2.29. The Bertz CT molecular complexity index is 916. The topological polar surface area (TPSA) is 137 Å². The molecule has 1 aliphatic heterocycles. The highest BCUT2D eigenvalue weighted by molar-refractivity contribution is 5.87. The van der Waals surface area contributed by atoms with Gasteiger partial charge in [0.2, 0.25) is 0 Å². The van der Waals surface area contributed by atoms with E-state index in [2.05, 4.69) is 32.6 Å². The lowest BCUT2D eigenvalue weighted by atomic mass is 9.89. The third kappa shape index (κ3) is 14.0. The Balaban J connectivity index is 2.45. The molecular weight excluding hydrogens is 512 g/mol. The van der Waals surface area contributed by atoms with E-state index in [9.17, 15) is 30.0 Å². The number of carbonyl (C=O) groups excluding carboxylic acids is 2. The van der Waals surface area contributed by atoms with Crippen LogP contribution in [0.2, 0.25) is 0 Å². The number of allylic oxidation sites excluding steroid dienone is 4. The molecule has 0 aliphatic carbocycles. The number of epoxide rings is 1. The van der Waals surface area contributed by atoms with Crippen LogP contribution in [0.25, 0.3) is 0 Å². The summed E-state index contributed by atoms with van der Waals surface area (Å²) < 4.78 is 11.1. The Morgan fingerprint density at radius 2 is 1.75 bits per heavy atom. The lowest BCUT2D eigenvalue weighted by Crippen LogP contribution is -2.41. The van der Waals surface area contributed by atoms with Crippen molar-refractivity contribution in [1.29, 1.82) is 0 Å².